The number of nitrogens with one attached hydrogen (secondary N) is 1. The molecule has 1 saturated carbocycles. The minimum Gasteiger partial charge on any atom is -0.341 e. The summed E-state index contributed by atoms with van der Waals surface area (Å²) in [5.74, 6) is -0.499. The first kappa shape index (κ1) is 19.3. The highest BCUT2D eigenvalue weighted by atomic mass is 19.1. The van der Waals surface area contributed by atoms with Crippen molar-refractivity contribution < 1.29 is 18.8 Å². The highest BCUT2D eigenvalue weighted by Crippen LogP contribution is 2.30. The van der Waals surface area contributed by atoms with Gasteiger partial charge in [0.25, 0.3) is 5.91 Å². The van der Waals surface area contributed by atoms with E-state index in [0.717, 1.165) is 30.6 Å². The monoisotopic (exact) mass is 375 g/mol. The maximum atomic E-state index is 13.2. The van der Waals surface area contributed by atoms with Gasteiger partial charge in [0.2, 0.25) is 5.91 Å². The second kappa shape index (κ2) is 7.29. The number of benzene rings is 1. The van der Waals surface area contributed by atoms with Crippen LogP contribution in [-0.2, 0) is 15.1 Å². The standard InChI is InChI=1S/C20H26FN3O3/c1-13-4-10-16(11-5-13)23(3)17(25)12-24-18(26)20(2,22-19(24)27)14-6-8-15(21)9-7-14/h6-9,13,16H,4-5,10-12H2,1-3H3,(H,22,27)/t13?,16?,20-/m0/s1. The van der Waals surface area contributed by atoms with E-state index in [2.05, 4.69) is 12.2 Å². The second-order valence-corrected chi connectivity index (χ2v) is 7.87. The van der Waals surface area contributed by atoms with Crippen LogP contribution >= 0.6 is 0 Å². The number of hydrogen-bond donors (Lipinski definition) is 1. The average molecular weight is 375 g/mol. The van der Waals surface area contributed by atoms with Crippen molar-refractivity contribution in [2.45, 2.75) is 51.1 Å². The van der Waals surface area contributed by atoms with Gasteiger partial charge in [-0.2, -0.15) is 0 Å². The predicted octanol–water partition coefficient (Wildman–Crippen LogP) is 2.63. The van der Waals surface area contributed by atoms with E-state index in [9.17, 15) is 18.8 Å². The maximum Gasteiger partial charge on any atom is 0.325 e. The van der Waals surface area contributed by atoms with Crippen LogP contribution in [0.4, 0.5) is 9.18 Å². The first-order chi connectivity index (χ1) is 12.7. The molecular formula is C20H26FN3O3. The molecule has 1 aromatic rings. The number of imide groups is 1. The molecule has 1 N–H and O–H groups in total. The number of urea groups is 1. The molecule has 1 aliphatic carbocycles. The number of halogens is 1. The topological polar surface area (TPSA) is 69.7 Å². The Labute approximate surface area is 158 Å². The molecule has 27 heavy (non-hydrogen) atoms. The second-order valence-electron chi connectivity index (χ2n) is 7.87. The summed E-state index contributed by atoms with van der Waals surface area (Å²) in [5, 5.41) is 2.64. The smallest absolute Gasteiger partial charge is 0.325 e. The molecule has 6 nitrogen and oxygen atoms in total. The third kappa shape index (κ3) is 3.68. The Bertz CT molecular complexity index is 743. The SMILES string of the molecule is CC1CCC(N(C)C(=O)CN2C(=O)N[C@@](C)(c3ccc(F)cc3)C2=O)CC1. The number of rotatable bonds is 4. The van der Waals surface area contributed by atoms with E-state index in [1.165, 1.54) is 24.3 Å². The van der Waals surface area contributed by atoms with Crippen LogP contribution in [0.1, 0.15) is 45.1 Å². The van der Waals surface area contributed by atoms with Crippen LogP contribution in [0, 0.1) is 11.7 Å². The van der Waals surface area contributed by atoms with Crippen molar-refractivity contribution in [3.8, 4) is 0 Å². The quantitative estimate of drug-likeness (QED) is 0.823. The van der Waals surface area contributed by atoms with Crippen LogP contribution in [0.15, 0.2) is 24.3 Å². The molecule has 146 valence electrons. The normalized spacial score (nSPS) is 28.2. The van der Waals surface area contributed by atoms with Crippen LogP contribution < -0.4 is 5.32 Å². The number of likely N-dealkylation sites (N-methyl/N-ethyl adjacent to an activating group) is 1. The van der Waals surface area contributed by atoms with Gasteiger partial charge in [0.1, 0.15) is 17.9 Å². The van der Waals surface area contributed by atoms with Crippen LogP contribution in [0.2, 0.25) is 0 Å². The fraction of sp³-hybridized carbons (Fsp3) is 0.550. The van der Waals surface area contributed by atoms with Crippen LogP contribution in [0.5, 0.6) is 0 Å². The molecule has 0 bridgehead atoms. The molecule has 7 heteroatoms. The van der Waals surface area contributed by atoms with Crippen molar-refractivity contribution in [2.24, 2.45) is 5.92 Å². The lowest BCUT2D eigenvalue weighted by atomic mass is 9.87. The molecule has 1 saturated heterocycles. The lowest BCUT2D eigenvalue weighted by Gasteiger charge is -2.34. The van der Waals surface area contributed by atoms with Crippen LogP contribution in [0.3, 0.4) is 0 Å². The largest absolute Gasteiger partial charge is 0.341 e. The van der Waals surface area contributed by atoms with Gasteiger partial charge in [0.15, 0.2) is 0 Å². The van der Waals surface area contributed by atoms with Crippen molar-refractivity contribution >= 4 is 17.8 Å². The summed E-state index contributed by atoms with van der Waals surface area (Å²) in [7, 11) is 1.74. The third-order valence-electron chi connectivity index (χ3n) is 5.92. The van der Waals surface area contributed by atoms with E-state index < -0.39 is 23.3 Å². The molecule has 1 heterocycles. The Hall–Kier alpha value is -2.44. The molecule has 0 unspecified atom stereocenters. The summed E-state index contributed by atoms with van der Waals surface area (Å²) in [4.78, 5) is 40.5. The summed E-state index contributed by atoms with van der Waals surface area (Å²) >= 11 is 0. The third-order valence-corrected chi connectivity index (χ3v) is 5.92. The van der Waals surface area contributed by atoms with Crippen LogP contribution in [0.25, 0.3) is 0 Å². The number of nitrogens with zero attached hydrogens (tertiary/aromatic N) is 2. The molecule has 1 atom stereocenters. The van der Waals surface area contributed by atoms with Crippen molar-refractivity contribution in [1.82, 2.24) is 15.1 Å². The molecule has 4 amide bonds. The first-order valence-corrected chi connectivity index (χ1v) is 9.38. The van der Waals surface area contributed by atoms with Crippen molar-refractivity contribution in [3.63, 3.8) is 0 Å². The number of carbonyl (C=O) groups is 3. The molecule has 1 aliphatic heterocycles. The van der Waals surface area contributed by atoms with Gasteiger partial charge in [0, 0.05) is 13.1 Å². The Balaban J connectivity index is 1.70. The summed E-state index contributed by atoms with van der Waals surface area (Å²) in [5.41, 5.74) is -0.823. The highest BCUT2D eigenvalue weighted by molar-refractivity contribution is 6.09. The maximum absolute atomic E-state index is 13.2. The van der Waals surface area contributed by atoms with E-state index in [1.54, 1.807) is 18.9 Å². The Morgan fingerprint density at radius 1 is 1.22 bits per heavy atom. The molecule has 0 radical (unpaired) electrons. The molecule has 2 fully saturated rings. The van der Waals surface area contributed by atoms with Gasteiger partial charge in [-0.15, -0.1) is 0 Å². The summed E-state index contributed by atoms with van der Waals surface area (Å²) in [6, 6.07) is 4.96. The lowest BCUT2D eigenvalue weighted by molar-refractivity contribution is -0.139. The zero-order chi connectivity index (χ0) is 19.8. The van der Waals surface area contributed by atoms with Crippen molar-refractivity contribution in [1.29, 1.82) is 0 Å². The predicted molar refractivity (Wildman–Crippen MR) is 98.2 cm³/mol. The zero-order valence-electron chi connectivity index (χ0n) is 16.0. The molecule has 3 rings (SSSR count). The van der Waals surface area contributed by atoms with Gasteiger partial charge in [-0.1, -0.05) is 19.1 Å². The van der Waals surface area contributed by atoms with Gasteiger partial charge in [-0.05, 0) is 56.2 Å². The highest BCUT2D eigenvalue weighted by Gasteiger charge is 2.49. The molecule has 0 aromatic heterocycles. The molecule has 2 aliphatic rings. The summed E-state index contributed by atoms with van der Waals surface area (Å²) in [6.07, 6.45) is 4.04. The van der Waals surface area contributed by atoms with E-state index >= 15 is 0 Å². The Kier molecular flexibility index (Phi) is 5.22. The van der Waals surface area contributed by atoms with Gasteiger partial charge in [-0.3, -0.25) is 14.5 Å². The fourth-order valence-electron chi connectivity index (χ4n) is 3.90. The van der Waals surface area contributed by atoms with Gasteiger partial charge < -0.3 is 10.2 Å². The van der Waals surface area contributed by atoms with Gasteiger partial charge in [-0.25, -0.2) is 9.18 Å². The molecule has 1 aromatic carbocycles. The van der Waals surface area contributed by atoms with Gasteiger partial charge >= 0.3 is 6.03 Å². The lowest BCUT2D eigenvalue weighted by Crippen LogP contribution is -2.47. The minimum atomic E-state index is -1.30. The van der Waals surface area contributed by atoms with Crippen LogP contribution in [-0.4, -0.2) is 47.3 Å². The van der Waals surface area contributed by atoms with E-state index in [4.69, 9.17) is 0 Å². The van der Waals surface area contributed by atoms with Crippen molar-refractivity contribution in [2.75, 3.05) is 13.6 Å². The molecular weight excluding hydrogens is 349 g/mol. The van der Waals surface area contributed by atoms with Crippen molar-refractivity contribution in [3.05, 3.63) is 35.6 Å². The first-order valence-electron chi connectivity index (χ1n) is 9.38. The molecule has 0 spiro atoms. The van der Waals surface area contributed by atoms with Gasteiger partial charge in [0.05, 0.1) is 0 Å². The Morgan fingerprint density at radius 2 is 1.81 bits per heavy atom. The Morgan fingerprint density at radius 3 is 2.41 bits per heavy atom. The zero-order valence-corrected chi connectivity index (χ0v) is 16.0. The van der Waals surface area contributed by atoms with E-state index in [-0.39, 0.29) is 18.5 Å². The fourth-order valence-corrected chi connectivity index (χ4v) is 3.90. The average Bonchev–Trinajstić information content (AvgIpc) is 2.86. The summed E-state index contributed by atoms with van der Waals surface area (Å²) in [6.45, 7) is 3.49. The minimum absolute atomic E-state index is 0.151. The number of hydrogen-bond acceptors (Lipinski definition) is 3. The number of carbonyl (C=O) groups excluding carboxylic acids is 3. The summed E-state index contributed by atoms with van der Waals surface area (Å²) < 4.78 is 13.2. The number of amides is 4. The van der Waals surface area contributed by atoms with E-state index in [1.807, 2.05) is 0 Å². The van der Waals surface area contributed by atoms with E-state index in [0.29, 0.717) is 11.5 Å².